The molecular formula is C22H29N3O5S. The topological polar surface area (TPSA) is 97.8 Å². The molecule has 0 saturated carbocycles. The van der Waals surface area contributed by atoms with Crippen molar-refractivity contribution in [2.75, 3.05) is 38.7 Å². The molecule has 2 aromatic rings. The van der Waals surface area contributed by atoms with Gasteiger partial charge in [-0.05, 0) is 48.6 Å². The van der Waals surface area contributed by atoms with Gasteiger partial charge in [0, 0.05) is 32.0 Å². The zero-order chi connectivity index (χ0) is 22.4. The van der Waals surface area contributed by atoms with Crippen molar-refractivity contribution in [3.05, 3.63) is 48.2 Å². The molecule has 1 aliphatic heterocycles. The number of ether oxygens (including phenoxy) is 2. The maximum Gasteiger partial charge on any atom is 0.255 e. The Balaban J connectivity index is 1.78. The Bertz CT molecular complexity index is 1000. The second kappa shape index (κ2) is 10.2. The lowest BCUT2D eigenvalue weighted by atomic mass is 9.94. The highest BCUT2D eigenvalue weighted by atomic mass is 32.2. The van der Waals surface area contributed by atoms with Crippen LogP contribution in [-0.4, -0.2) is 57.0 Å². The molecule has 1 fully saturated rings. The summed E-state index contributed by atoms with van der Waals surface area (Å²) < 4.78 is 38.3. The molecule has 1 amide bonds. The third kappa shape index (κ3) is 5.81. The van der Waals surface area contributed by atoms with Gasteiger partial charge in [0.1, 0.15) is 12.3 Å². The number of rotatable bonds is 8. The Kier molecular flexibility index (Phi) is 7.64. The number of nitrogens with zero attached hydrogens (tertiary/aromatic N) is 2. The van der Waals surface area contributed by atoms with Crippen LogP contribution in [0.1, 0.15) is 30.6 Å². The lowest BCUT2D eigenvalue weighted by molar-refractivity contribution is 0.102. The van der Waals surface area contributed by atoms with E-state index in [0.29, 0.717) is 37.2 Å². The maximum atomic E-state index is 13.2. The number of sulfonamides is 1. The molecule has 0 bridgehead atoms. The molecule has 9 heteroatoms. The molecule has 3 rings (SSSR count). The smallest absolute Gasteiger partial charge is 0.255 e. The fourth-order valence-corrected chi connectivity index (χ4v) is 5.49. The zero-order valence-electron chi connectivity index (χ0n) is 18.1. The van der Waals surface area contributed by atoms with Crippen LogP contribution in [0, 0.1) is 11.8 Å². The molecule has 0 aliphatic carbocycles. The van der Waals surface area contributed by atoms with Crippen molar-refractivity contribution in [1.29, 1.82) is 0 Å². The highest BCUT2D eigenvalue weighted by Crippen LogP contribution is 2.27. The summed E-state index contributed by atoms with van der Waals surface area (Å²) in [6.45, 7) is 5.76. The molecule has 0 radical (unpaired) electrons. The molecule has 31 heavy (non-hydrogen) atoms. The first-order valence-electron chi connectivity index (χ1n) is 10.3. The van der Waals surface area contributed by atoms with Crippen molar-refractivity contribution in [3.8, 4) is 5.88 Å². The predicted molar refractivity (Wildman–Crippen MR) is 118 cm³/mol. The van der Waals surface area contributed by atoms with Gasteiger partial charge in [0.2, 0.25) is 15.9 Å². The second-order valence-electron chi connectivity index (χ2n) is 7.95. The van der Waals surface area contributed by atoms with Gasteiger partial charge in [-0.25, -0.2) is 13.4 Å². The predicted octanol–water partition coefficient (Wildman–Crippen LogP) is 3.03. The van der Waals surface area contributed by atoms with E-state index in [-0.39, 0.29) is 22.9 Å². The van der Waals surface area contributed by atoms with Crippen LogP contribution >= 0.6 is 0 Å². The highest BCUT2D eigenvalue weighted by molar-refractivity contribution is 7.89. The summed E-state index contributed by atoms with van der Waals surface area (Å²) in [6.07, 6.45) is 2.57. The number of hydrogen-bond acceptors (Lipinski definition) is 6. The van der Waals surface area contributed by atoms with Crippen molar-refractivity contribution in [2.45, 2.75) is 25.2 Å². The second-order valence-corrected chi connectivity index (χ2v) is 9.89. The van der Waals surface area contributed by atoms with Crippen LogP contribution < -0.4 is 10.1 Å². The quantitative estimate of drug-likeness (QED) is 0.625. The molecule has 1 saturated heterocycles. The number of piperidine rings is 1. The van der Waals surface area contributed by atoms with Gasteiger partial charge in [-0.15, -0.1) is 0 Å². The number of anilines is 1. The monoisotopic (exact) mass is 447 g/mol. The van der Waals surface area contributed by atoms with Crippen molar-refractivity contribution in [3.63, 3.8) is 0 Å². The first kappa shape index (κ1) is 23.2. The van der Waals surface area contributed by atoms with Gasteiger partial charge < -0.3 is 14.8 Å². The summed E-state index contributed by atoms with van der Waals surface area (Å²) in [5.41, 5.74) is 0.640. The Morgan fingerprint density at radius 1 is 1.16 bits per heavy atom. The van der Waals surface area contributed by atoms with Crippen LogP contribution in [0.15, 0.2) is 47.5 Å². The van der Waals surface area contributed by atoms with E-state index in [2.05, 4.69) is 24.1 Å². The Labute approximate surface area is 183 Å². The fourth-order valence-electron chi connectivity index (χ4n) is 3.77. The van der Waals surface area contributed by atoms with E-state index in [1.807, 2.05) is 0 Å². The van der Waals surface area contributed by atoms with Crippen molar-refractivity contribution in [1.82, 2.24) is 9.29 Å². The van der Waals surface area contributed by atoms with E-state index in [0.717, 1.165) is 6.42 Å². The highest BCUT2D eigenvalue weighted by Gasteiger charge is 2.32. The average Bonchev–Trinajstić information content (AvgIpc) is 2.74. The van der Waals surface area contributed by atoms with Gasteiger partial charge in [0.15, 0.2) is 0 Å². The third-order valence-corrected chi connectivity index (χ3v) is 6.94. The number of hydrogen-bond donors (Lipinski definition) is 1. The van der Waals surface area contributed by atoms with Crippen LogP contribution in [0.4, 0.5) is 5.69 Å². The maximum absolute atomic E-state index is 13.2. The summed E-state index contributed by atoms with van der Waals surface area (Å²) in [7, 11) is -2.11. The normalized spacial score (nSPS) is 19.7. The fraction of sp³-hybridized carbons (Fsp3) is 0.455. The molecule has 168 valence electrons. The van der Waals surface area contributed by atoms with Gasteiger partial charge in [0.05, 0.1) is 11.5 Å². The number of methoxy groups -OCH3 is 1. The molecular weight excluding hydrogens is 418 g/mol. The summed E-state index contributed by atoms with van der Waals surface area (Å²) in [5, 5.41) is 2.75. The van der Waals surface area contributed by atoms with E-state index in [1.54, 1.807) is 37.6 Å². The number of nitrogens with one attached hydrogen (secondary N) is 1. The number of amides is 1. The van der Waals surface area contributed by atoms with Crippen molar-refractivity contribution < 1.29 is 22.7 Å². The Hall–Kier alpha value is -2.49. The molecule has 2 heterocycles. The van der Waals surface area contributed by atoms with Crippen LogP contribution in [0.3, 0.4) is 0 Å². The molecule has 0 spiro atoms. The van der Waals surface area contributed by atoms with Crippen LogP contribution in [0.5, 0.6) is 5.88 Å². The molecule has 2 unspecified atom stereocenters. The summed E-state index contributed by atoms with van der Waals surface area (Å²) in [6, 6.07) is 9.45. The zero-order valence-corrected chi connectivity index (χ0v) is 18.9. The Morgan fingerprint density at radius 2 is 1.90 bits per heavy atom. The third-order valence-electron chi connectivity index (χ3n) is 5.11. The van der Waals surface area contributed by atoms with Gasteiger partial charge in [-0.3, -0.25) is 4.79 Å². The number of pyridine rings is 1. The van der Waals surface area contributed by atoms with Gasteiger partial charge in [-0.1, -0.05) is 19.9 Å². The first-order chi connectivity index (χ1) is 14.8. The lowest BCUT2D eigenvalue weighted by Crippen LogP contribution is -2.42. The standard InChI is InChI=1S/C22H29N3O5S/c1-16-12-17(2)15-25(14-16)31(27,28)19-7-4-6-18(13-19)21(26)24-20-8-5-9-23-22(20)30-11-10-29-3/h4-9,13,16-17H,10-12,14-15H2,1-3H3,(H,24,26). The number of carbonyl (C=O) groups excluding carboxylic acids is 1. The molecule has 1 aromatic carbocycles. The van der Waals surface area contributed by atoms with E-state index in [1.165, 1.54) is 16.4 Å². The number of benzene rings is 1. The van der Waals surface area contributed by atoms with E-state index in [9.17, 15) is 13.2 Å². The minimum absolute atomic E-state index is 0.115. The van der Waals surface area contributed by atoms with E-state index >= 15 is 0 Å². The minimum Gasteiger partial charge on any atom is -0.474 e. The lowest BCUT2D eigenvalue weighted by Gasteiger charge is -2.34. The van der Waals surface area contributed by atoms with Crippen molar-refractivity contribution in [2.24, 2.45) is 11.8 Å². The summed E-state index contributed by atoms with van der Waals surface area (Å²) >= 11 is 0. The van der Waals surface area contributed by atoms with E-state index in [4.69, 9.17) is 9.47 Å². The largest absolute Gasteiger partial charge is 0.474 e. The molecule has 1 N–H and O–H groups in total. The van der Waals surface area contributed by atoms with Crippen molar-refractivity contribution >= 4 is 21.6 Å². The van der Waals surface area contributed by atoms with Gasteiger partial charge >= 0.3 is 0 Å². The van der Waals surface area contributed by atoms with Crippen LogP contribution in [0.2, 0.25) is 0 Å². The molecule has 1 aromatic heterocycles. The summed E-state index contributed by atoms with van der Waals surface area (Å²) in [4.78, 5) is 17.1. The average molecular weight is 448 g/mol. The SMILES string of the molecule is COCCOc1ncccc1NC(=O)c1cccc(S(=O)(=O)N2CC(C)CC(C)C2)c1. The Morgan fingerprint density at radius 3 is 2.61 bits per heavy atom. The first-order valence-corrected chi connectivity index (χ1v) is 11.7. The minimum atomic E-state index is -3.68. The van der Waals surface area contributed by atoms with Crippen LogP contribution in [0.25, 0.3) is 0 Å². The summed E-state index contributed by atoms with van der Waals surface area (Å²) in [5.74, 6) is 0.425. The van der Waals surface area contributed by atoms with Gasteiger partial charge in [0.25, 0.3) is 5.91 Å². The number of aromatic nitrogens is 1. The van der Waals surface area contributed by atoms with Gasteiger partial charge in [-0.2, -0.15) is 4.31 Å². The van der Waals surface area contributed by atoms with Crippen LogP contribution in [-0.2, 0) is 14.8 Å². The molecule has 8 nitrogen and oxygen atoms in total. The number of carbonyl (C=O) groups is 1. The molecule has 1 aliphatic rings. The molecule has 2 atom stereocenters. The van der Waals surface area contributed by atoms with E-state index < -0.39 is 15.9 Å².